The maximum Gasteiger partial charge on any atom is 0.342 e. The lowest BCUT2D eigenvalue weighted by Gasteiger charge is -2.11. The molecule has 100 valence electrons. The first kappa shape index (κ1) is 13.9. The van der Waals surface area contributed by atoms with Crippen LogP contribution in [-0.2, 0) is 4.79 Å². The van der Waals surface area contributed by atoms with Gasteiger partial charge in [-0.3, -0.25) is 14.6 Å². The number of nitrogens with one attached hydrogen (secondary N) is 4. The van der Waals surface area contributed by atoms with Crippen LogP contribution in [0.4, 0.5) is 5.82 Å². The maximum absolute atomic E-state index is 11.4. The number of hydrogen-bond acceptors (Lipinski definition) is 5. The maximum atomic E-state index is 11.4. The van der Waals surface area contributed by atoms with Crippen LogP contribution in [0.15, 0.2) is 9.59 Å². The minimum Gasteiger partial charge on any atom is -0.364 e. The molecule has 0 aliphatic carbocycles. The Hall–Kier alpha value is -2.12. The van der Waals surface area contributed by atoms with Crippen molar-refractivity contribution in [2.24, 2.45) is 0 Å². The van der Waals surface area contributed by atoms with Gasteiger partial charge in [-0.2, -0.15) is 0 Å². The summed E-state index contributed by atoms with van der Waals surface area (Å²) in [5.74, 6) is -0.108. The molecule has 4 N–H and O–H groups in total. The van der Waals surface area contributed by atoms with E-state index in [1.54, 1.807) is 0 Å². The van der Waals surface area contributed by atoms with Gasteiger partial charge in [-0.25, -0.2) is 9.89 Å². The Kier molecular flexibility index (Phi) is 5.09. The number of rotatable bonds is 6. The fraction of sp³-hybridized carbons (Fsp3) is 0.600. The third kappa shape index (κ3) is 4.40. The average Bonchev–Trinajstić information content (AvgIpc) is 2.31. The second-order valence-electron chi connectivity index (χ2n) is 3.91. The molecule has 0 saturated carbocycles. The largest absolute Gasteiger partial charge is 0.364 e. The Bertz CT molecular complexity index is 507. The monoisotopic (exact) mass is 255 g/mol. The summed E-state index contributed by atoms with van der Waals surface area (Å²) in [5, 5.41) is 11.1. The summed E-state index contributed by atoms with van der Waals surface area (Å²) in [5.41, 5.74) is -1.28. The van der Waals surface area contributed by atoms with Gasteiger partial charge in [0.15, 0.2) is 0 Å². The van der Waals surface area contributed by atoms with Crippen LogP contribution in [0.2, 0.25) is 0 Å². The lowest BCUT2D eigenvalue weighted by Crippen LogP contribution is -2.33. The van der Waals surface area contributed by atoms with Crippen LogP contribution in [0.1, 0.15) is 26.7 Å². The fourth-order valence-corrected chi connectivity index (χ4v) is 1.21. The van der Waals surface area contributed by atoms with Crippen LogP contribution < -0.4 is 21.9 Å². The van der Waals surface area contributed by atoms with E-state index in [0.717, 1.165) is 6.42 Å². The van der Waals surface area contributed by atoms with E-state index in [-0.39, 0.29) is 30.7 Å². The van der Waals surface area contributed by atoms with E-state index >= 15 is 0 Å². The van der Waals surface area contributed by atoms with Gasteiger partial charge in [-0.15, -0.1) is 5.10 Å². The highest BCUT2D eigenvalue weighted by Crippen LogP contribution is 1.91. The molecular formula is C10H17N5O3. The zero-order valence-electron chi connectivity index (χ0n) is 10.4. The highest BCUT2D eigenvalue weighted by molar-refractivity contribution is 5.76. The first-order chi connectivity index (χ1) is 8.52. The molecule has 18 heavy (non-hydrogen) atoms. The molecule has 0 radical (unpaired) electrons. The number of aromatic nitrogens is 3. The molecule has 1 atom stereocenters. The predicted octanol–water partition coefficient (Wildman–Crippen LogP) is -0.825. The number of H-pyrrole nitrogens is 2. The average molecular weight is 255 g/mol. The summed E-state index contributed by atoms with van der Waals surface area (Å²) in [7, 11) is 0. The SMILES string of the molecule is CC[C@@H](C)NC(=O)CCNc1n[nH]c(=O)[nH]c1=O. The number of nitrogens with zero attached hydrogens (tertiary/aromatic N) is 1. The van der Waals surface area contributed by atoms with Crippen molar-refractivity contribution >= 4 is 11.7 Å². The Balaban J connectivity index is 2.40. The first-order valence-electron chi connectivity index (χ1n) is 5.75. The molecule has 8 heteroatoms. The number of carbonyl (C=O) groups excluding carboxylic acids is 1. The number of aromatic amines is 2. The lowest BCUT2D eigenvalue weighted by atomic mass is 10.2. The van der Waals surface area contributed by atoms with E-state index in [4.69, 9.17) is 0 Å². The predicted molar refractivity (Wildman–Crippen MR) is 66.5 cm³/mol. The molecule has 1 rings (SSSR count). The zero-order valence-corrected chi connectivity index (χ0v) is 10.4. The molecule has 0 aliphatic rings. The van der Waals surface area contributed by atoms with Crippen molar-refractivity contribution in [1.82, 2.24) is 20.5 Å². The van der Waals surface area contributed by atoms with Crippen LogP contribution in [0, 0.1) is 0 Å². The van der Waals surface area contributed by atoms with Crippen LogP contribution >= 0.6 is 0 Å². The summed E-state index contributed by atoms with van der Waals surface area (Å²) in [6.07, 6.45) is 1.09. The van der Waals surface area contributed by atoms with E-state index < -0.39 is 11.2 Å². The highest BCUT2D eigenvalue weighted by atomic mass is 16.2. The molecular weight excluding hydrogens is 238 g/mol. The standard InChI is InChI=1S/C10H17N5O3/c1-3-6(2)12-7(16)4-5-11-8-9(17)13-10(18)15-14-8/h6H,3-5H2,1-2H3,(H,11,14)(H,12,16)(H2,13,15,17,18)/t6-/m1/s1. The summed E-state index contributed by atoms with van der Waals surface area (Å²) in [6, 6.07) is 0.132. The van der Waals surface area contributed by atoms with Gasteiger partial charge in [0.2, 0.25) is 11.7 Å². The molecule has 1 heterocycles. The molecule has 1 aromatic rings. The summed E-state index contributed by atoms with van der Waals surface area (Å²) in [4.78, 5) is 35.4. The molecule has 0 aromatic carbocycles. The van der Waals surface area contributed by atoms with Gasteiger partial charge in [0, 0.05) is 19.0 Å². The number of carbonyl (C=O) groups is 1. The lowest BCUT2D eigenvalue weighted by molar-refractivity contribution is -0.121. The van der Waals surface area contributed by atoms with Crippen molar-refractivity contribution in [3.63, 3.8) is 0 Å². The van der Waals surface area contributed by atoms with Crippen molar-refractivity contribution in [3.05, 3.63) is 20.8 Å². The zero-order chi connectivity index (χ0) is 13.5. The molecule has 0 unspecified atom stereocenters. The summed E-state index contributed by atoms with van der Waals surface area (Å²) in [6.45, 7) is 4.16. The Morgan fingerprint density at radius 1 is 1.44 bits per heavy atom. The van der Waals surface area contributed by atoms with E-state index in [1.165, 1.54) is 0 Å². The van der Waals surface area contributed by atoms with Gasteiger partial charge in [0.25, 0.3) is 5.56 Å². The van der Waals surface area contributed by atoms with E-state index in [0.29, 0.717) is 0 Å². The molecule has 8 nitrogen and oxygen atoms in total. The number of anilines is 1. The molecule has 1 aromatic heterocycles. The minimum atomic E-state index is -0.667. The van der Waals surface area contributed by atoms with Crippen molar-refractivity contribution in [3.8, 4) is 0 Å². The number of amides is 1. The topological polar surface area (TPSA) is 120 Å². The first-order valence-corrected chi connectivity index (χ1v) is 5.75. The third-order valence-electron chi connectivity index (χ3n) is 2.38. The van der Waals surface area contributed by atoms with E-state index in [1.807, 2.05) is 18.8 Å². The Morgan fingerprint density at radius 2 is 2.17 bits per heavy atom. The van der Waals surface area contributed by atoms with E-state index in [2.05, 4.69) is 20.8 Å². The second-order valence-corrected chi connectivity index (χ2v) is 3.91. The van der Waals surface area contributed by atoms with E-state index in [9.17, 15) is 14.4 Å². The van der Waals surface area contributed by atoms with Crippen LogP contribution in [-0.4, -0.2) is 33.7 Å². The molecule has 0 spiro atoms. The minimum absolute atomic E-state index is 0.00839. The normalized spacial score (nSPS) is 11.9. The fourth-order valence-electron chi connectivity index (χ4n) is 1.21. The molecule has 1 amide bonds. The van der Waals surface area contributed by atoms with Gasteiger partial charge in [0.1, 0.15) is 0 Å². The van der Waals surface area contributed by atoms with Crippen molar-refractivity contribution in [2.75, 3.05) is 11.9 Å². The van der Waals surface area contributed by atoms with Gasteiger partial charge < -0.3 is 10.6 Å². The Labute approximate surface area is 103 Å². The van der Waals surface area contributed by atoms with Crippen LogP contribution in [0.5, 0.6) is 0 Å². The van der Waals surface area contributed by atoms with Crippen molar-refractivity contribution in [1.29, 1.82) is 0 Å². The highest BCUT2D eigenvalue weighted by Gasteiger charge is 2.06. The number of hydrogen-bond donors (Lipinski definition) is 4. The van der Waals surface area contributed by atoms with Gasteiger partial charge >= 0.3 is 5.69 Å². The molecule has 0 aliphatic heterocycles. The Morgan fingerprint density at radius 3 is 2.78 bits per heavy atom. The second kappa shape index (κ2) is 6.58. The van der Waals surface area contributed by atoms with Crippen LogP contribution in [0.25, 0.3) is 0 Å². The summed E-state index contributed by atoms with van der Waals surface area (Å²) >= 11 is 0. The molecule has 0 saturated heterocycles. The van der Waals surface area contributed by atoms with Crippen molar-refractivity contribution < 1.29 is 4.79 Å². The quantitative estimate of drug-likeness (QED) is 0.529. The van der Waals surface area contributed by atoms with Gasteiger partial charge in [-0.05, 0) is 13.3 Å². The molecule has 0 bridgehead atoms. The van der Waals surface area contributed by atoms with Gasteiger partial charge in [0.05, 0.1) is 0 Å². The van der Waals surface area contributed by atoms with Crippen molar-refractivity contribution in [2.45, 2.75) is 32.7 Å². The molecule has 0 fully saturated rings. The van der Waals surface area contributed by atoms with Crippen LogP contribution in [0.3, 0.4) is 0 Å². The van der Waals surface area contributed by atoms with Gasteiger partial charge in [-0.1, -0.05) is 6.92 Å². The smallest absolute Gasteiger partial charge is 0.342 e. The summed E-state index contributed by atoms with van der Waals surface area (Å²) < 4.78 is 0. The third-order valence-corrected chi connectivity index (χ3v) is 2.38.